The Hall–Kier alpha value is -2.31. The molecule has 0 aliphatic carbocycles. The summed E-state index contributed by atoms with van der Waals surface area (Å²) in [6.45, 7) is 1.83. The van der Waals surface area contributed by atoms with E-state index in [1.165, 1.54) is 24.4 Å². The van der Waals surface area contributed by atoms with Crippen molar-refractivity contribution in [2.24, 2.45) is 0 Å². The van der Waals surface area contributed by atoms with Crippen LogP contribution in [0, 0.1) is 0 Å². The van der Waals surface area contributed by atoms with Crippen molar-refractivity contribution in [1.82, 2.24) is 10.2 Å². The molecule has 0 saturated carbocycles. The molecule has 7 heteroatoms. The fourth-order valence-electron chi connectivity index (χ4n) is 1.97. The van der Waals surface area contributed by atoms with Crippen LogP contribution in [0.25, 0.3) is 0 Å². The van der Waals surface area contributed by atoms with Crippen LogP contribution in [0.5, 0.6) is 0 Å². The minimum Gasteiger partial charge on any atom is -0.462 e. The number of halogens is 3. The summed E-state index contributed by atoms with van der Waals surface area (Å²) >= 11 is 0. The molecule has 0 unspecified atom stereocenters. The first kappa shape index (κ1) is 15.1. The molecule has 21 heavy (non-hydrogen) atoms. The zero-order chi connectivity index (χ0) is 15.5. The first-order chi connectivity index (χ1) is 9.93. The van der Waals surface area contributed by atoms with Crippen LogP contribution in [0.15, 0.2) is 30.5 Å². The van der Waals surface area contributed by atoms with E-state index < -0.39 is 17.7 Å². The van der Waals surface area contributed by atoms with Gasteiger partial charge in [0.05, 0.1) is 24.1 Å². The van der Waals surface area contributed by atoms with Gasteiger partial charge in [-0.3, -0.25) is 5.10 Å². The van der Waals surface area contributed by atoms with Crippen LogP contribution in [0.3, 0.4) is 0 Å². The standard InChI is InChI=1S/C14H13F3N2O2/c1-2-21-13(20)10-8-18-19-12(10)7-9-5-3-4-6-11(9)14(15,16)17/h3-6,8H,2,7H2,1H3,(H,18,19). The molecule has 1 aromatic carbocycles. The van der Waals surface area contributed by atoms with Crippen molar-refractivity contribution in [3.63, 3.8) is 0 Å². The van der Waals surface area contributed by atoms with Crippen molar-refractivity contribution >= 4 is 5.97 Å². The molecule has 112 valence electrons. The smallest absolute Gasteiger partial charge is 0.416 e. The van der Waals surface area contributed by atoms with Crippen LogP contribution in [-0.2, 0) is 17.3 Å². The summed E-state index contributed by atoms with van der Waals surface area (Å²) in [7, 11) is 0. The van der Waals surface area contributed by atoms with Gasteiger partial charge < -0.3 is 4.74 Å². The van der Waals surface area contributed by atoms with E-state index in [0.29, 0.717) is 5.69 Å². The summed E-state index contributed by atoms with van der Waals surface area (Å²) in [5.41, 5.74) is -0.215. The first-order valence-corrected chi connectivity index (χ1v) is 6.28. The van der Waals surface area contributed by atoms with Gasteiger partial charge >= 0.3 is 12.1 Å². The summed E-state index contributed by atoms with van der Waals surface area (Å²) in [6.07, 6.45) is -3.27. The van der Waals surface area contributed by atoms with E-state index >= 15 is 0 Å². The van der Waals surface area contributed by atoms with Gasteiger partial charge in [-0.05, 0) is 18.6 Å². The number of aromatic amines is 1. The quantitative estimate of drug-likeness (QED) is 0.882. The Morgan fingerprint density at radius 3 is 2.71 bits per heavy atom. The number of H-pyrrole nitrogens is 1. The molecule has 0 radical (unpaired) electrons. The Morgan fingerprint density at radius 1 is 1.33 bits per heavy atom. The van der Waals surface area contributed by atoms with Gasteiger partial charge in [-0.2, -0.15) is 18.3 Å². The third-order valence-corrected chi connectivity index (χ3v) is 2.90. The summed E-state index contributed by atoms with van der Waals surface area (Å²) in [6, 6.07) is 5.23. The highest BCUT2D eigenvalue weighted by molar-refractivity contribution is 5.90. The van der Waals surface area contributed by atoms with E-state index in [9.17, 15) is 18.0 Å². The molecule has 2 rings (SSSR count). The maximum atomic E-state index is 12.9. The minimum absolute atomic E-state index is 0.0693. The molecular weight excluding hydrogens is 285 g/mol. The Balaban J connectivity index is 2.32. The number of ether oxygens (including phenoxy) is 1. The topological polar surface area (TPSA) is 55.0 Å². The van der Waals surface area contributed by atoms with E-state index in [1.807, 2.05) is 0 Å². The zero-order valence-electron chi connectivity index (χ0n) is 11.2. The highest BCUT2D eigenvalue weighted by atomic mass is 19.4. The first-order valence-electron chi connectivity index (χ1n) is 6.28. The Labute approximate surface area is 118 Å². The number of esters is 1. The number of aromatic nitrogens is 2. The molecule has 1 aromatic heterocycles. The van der Waals surface area contributed by atoms with Crippen LogP contribution in [0.2, 0.25) is 0 Å². The number of carbonyl (C=O) groups excluding carboxylic acids is 1. The maximum Gasteiger partial charge on any atom is 0.416 e. The van der Waals surface area contributed by atoms with E-state index in [0.717, 1.165) is 6.07 Å². The third kappa shape index (κ3) is 3.42. The number of nitrogens with zero attached hydrogens (tertiary/aromatic N) is 1. The van der Waals surface area contributed by atoms with Crippen molar-refractivity contribution in [2.75, 3.05) is 6.61 Å². The van der Waals surface area contributed by atoms with Gasteiger partial charge in [0.15, 0.2) is 0 Å². The van der Waals surface area contributed by atoms with E-state index in [-0.39, 0.29) is 24.2 Å². The normalized spacial score (nSPS) is 11.4. The summed E-state index contributed by atoms with van der Waals surface area (Å²) in [5.74, 6) is -0.606. The molecular formula is C14H13F3N2O2. The molecule has 0 bridgehead atoms. The Kier molecular flexibility index (Phi) is 4.30. The lowest BCUT2D eigenvalue weighted by molar-refractivity contribution is -0.138. The lowest BCUT2D eigenvalue weighted by Gasteiger charge is -2.12. The predicted octanol–water partition coefficient (Wildman–Crippen LogP) is 3.20. The van der Waals surface area contributed by atoms with E-state index in [4.69, 9.17) is 4.74 Å². The van der Waals surface area contributed by atoms with Gasteiger partial charge in [0.25, 0.3) is 0 Å². The molecule has 1 heterocycles. The zero-order valence-corrected chi connectivity index (χ0v) is 11.2. The lowest BCUT2D eigenvalue weighted by atomic mass is 10.0. The number of hydrogen-bond donors (Lipinski definition) is 1. The second-order valence-electron chi connectivity index (χ2n) is 4.31. The molecule has 2 aromatic rings. The summed E-state index contributed by atoms with van der Waals surface area (Å²) in [5, 5.41) is 6.26. The molecule has 0 saturated heterocycles. The second kappa shape index (κ2) is 5.99. The van der Waals surface area contributed by atoms with Gasteiger partial charge in [-0.25, -0.2) is 4.79 Å². The fourth-order valence-corrected chi connectivity index (χ4v) is 1.97. The molecule has 0 aliphatic rings. The van der Waals surface area contributed by atoms with E-state index in [1.54, 1.807) is 6.92 Å². The Morgan fingerprint density at radius 2 is 2.05 bits per heavy atom. The summed E-state index contributed by atoms with van der Waals surface area (Å²) < 4.78 is 43.7. The van der Waals surface area contributed by atoms with Crippen LogP contribution in [0.4, 0.5) is 13.2 Å². The van der Waals surface area contributed by atoms with Crippen LogP contribution in [0.1, 0.15) is 34.1 Å². The summed E-state index contributed by atoms with van der Waals surface area (Å²) in [4.78, 5) is 11.7. The van der Waals surface area contributed by atoms with Crippen molar-refractivity contribution in [3.8, 4) is 0 Å². The van der Waals surface area contributed by atoms with Gasteiger partial charge in [0, 0.05) is 6.42 Å². The van der Waals surface area contributed by atoms with Crippen molar-refractivity contribution < 1.29 is 22.7 Å². The monoisotopic (exact) mass is 298 g/mol. The maximum absolute atomic E-state index is 12.9. The highest BCUT2D eigenvalue weighted by Gasteiger charge is 2.33. The van der Waals surface area contributed by atoms with Gasteiger partial charge in [-0.15, -0.1) is 0 Å². The molecule has 0 spiro atoms. The molecule has 4 nitrogen and oxygen atoms in total. The molecule has 0 atom stereocenters. The van der Waals surface area contributed by atoms with Crippen LogP contribution >= 0.6 is 0 Å². The predicted molar refractivity (Wildman–Crippen MR) is 68.8 cm³/mol. The van der Waals surface area contributed by atoms with Crippen LogP contribution in [-0.4, -0.2) is 22.8 Å². The minimum atomic E-state index is -4.44. The molecule has 0 fully saturated rings. The average molecular weight is 298 g/mol. The number of hydrogen-bond acceptors (Lipinski definition) is 3. The fraction of sp³-hybridized carbons (Fsp3) is 0.286. The van der Waals surface area contributed by atoms with Gasteiger partial charge in [0.1, 0.15) is 5.56 Å². The Bertz CT molecular complexity index is 635. The third-order valence-electron chi connectivity index (χ3n) is 2.90. The van der Waals surface area contributed by atoms with E-state index in [2.05, 4.69) is 10.2 Å². The average Bonchev–Trinajstić information content (AvgIpc) is 2.86. The SMILES string of the molecule is CCOC(=O)c1cn[nH]c1Cc1ccccc1C(F)(F)F. The number of carbonyl (C=O) groups is 1. The molecule has 0 aliphatic heterocycles. The van der Waals surface area contributed by atoms with Crippen molar-refractivity contribution in [2.45, 2.75) is 19.5 Å². The number of alkyl halides is 3. The second-order valence-corrected chi connectivity index (χ2v) is 4.31. The van der Waals surface area contributed by atoms with Crippen molar-refractivity contribution in [1.29, 1.82) is 0 Å². The van der Waals surface area contributed by atoms with Crippen LogP contribution < -0.4 is 0 Å². The molecule has 0 amide bonds. The molecule has 1 N–H and O–H groups in total. The largest absolute Gasteiger partial charge is 0.462 e. The van der Waals surface area contributed by atoms with Crippen molar-refractivity contribution in [3.05, 3.63) is 52.8 Å². The highest BCUT2D eigenvalue weighted by Crippen LogP contribution is 2.32. The van der Waals surface area contributed by atoms with Gasteiger partial charge in [0.2, 0.25) is 0 Å². The van der Waals surface area contributed by atoms with Gasteiger partial charge in [-0.1, -0.05) is 18.2 Å². The number of nitrogens with one attached hydrogen (secondary N) is 1. The number of benzene rings is 1. The number of rotatable bonds is 4. The lowest BCUT2D eigenvalue weighted by Crippen LogP contribution is -2.11.